The highest BCUT2D eigenvalue weighted by atomic mass is 16.6. The number of hydrogen-bond donors (Lipinski definition) is 0. The summed E-state index contributed by atoms with van der Waals surface area (Å²) in [6.45, 7) is 13.6. The molecular formula is C24H31N3O5. The fourth-order valence-corrected chi connectivity index (χ4v) is 3.44. The lowest BCUT2D eigenvalue weighted by Gasteiger charge is -2.14. The second-order valence-corrected chi connectivity index (χ2v) is 8.51. The summed E-state index contributed by atoms with van der Waals surface area (Å²) in [5.74, 6) is -0.502. The molecule has 0 fully saturated rings. The summed E-state index contributed by atoms with van der Waals surface area (Å²) < 4.78 is 7.06. The van der Waals surface area contributed by atoms with Crippen LogP contribution in [-0.2, 0) is 11.3 Å². The molecule has 0 aliphatic carbocycles. The molecule has 0 bridgehead atoms. The van der Waals surface area contributed by atoms with E-state index in [0.29, 0.717) is 29.7 Å². The van der Waals surface area contributed by atoms with E-state index in [1.807, 2.05) is 34.6 Å². The average Bonchev–Trinajstić information content (AvgIpc) is 3.08. The summed E-state index contributed by atoms with van der Waals surface area (Å²) in [6, 6.07) is 2.80. The predicted molar refractivity (Wildman–Crippen MR) is 123 cm³/mol. The maximum Gasteiger partial charge on any atom is 0.312 e. The Morgan fingerprint density at radius 2 is 1.84 bits per heavy atom. The van der Waals surface area contributed by atoms with Crippen LogP contribution in [0.15, 0.2) is 23.9 Å². The monoisotopic (exact) mass is 441 g/mol. The number of hydrogen-bond acceptors (Lipinski definition) is 6. The summed E-state index contributed by atoms with van der Waals surface area (Å²) >= 11 is 0. The Bertz CT molecular complexity index is 1080. The summed E-state index contributed by atoms with van der Waals surface area (Å²) in [6.07, 6.45) is 2.24. The van der Waals surface area contributed by atoms with Crippen LogP contribution < -0.4 is 4.74 Å². The first-order valence-electron chi connectivity index (χ1n) is 10.7. The predicted octanol–water partition coefficient (Wildman–Crippen LogP) is 5.51. The van der Waals surface area contributed by atoms with Crippen molar-refractivity contribution in [3.63, 3.8) is 0 Å². The fraction of sp³-hybridized carbons (Fsp3) is 0.458. The molecule has 1 heterocycles. The molecule has 8 nitrogen and oxygen atoms in total. The molecule has 0 radical (unpaired) electrons. The van der Waals surface area contributed by atoms with E-state index in [0.717, 1.165) is 11.1 Å². The molecule has 2 aromatic rings. The Labute approximate surface area is 188 Å². The van der Waals surface area contributed by atoms with Gasteiger partial charge in [-0.25, -0.2) is 4.68 Å². The van der Waals surface area contributed by atoms with E-state index in [-0.39, 0.29) is 29.5 Å². The molecule has 1 aromatic carbocycles. The van der Waals surface area contributed by atoms with Crippen molar-refractivity contribution in [2.24, 2.45) is 5.92 Å². The van der Waals surface area contributed by atoms with Crippen molar-refractivity contribution in [2.75, 3.05) is 0 Å². The lowest BCUT2D eigenvalue weighted by molar-refractivity contribution is -0.385. The topological polar surface area (TPSA) is 104 Å². The van der Waals surface area contributed by atoms with Gasteiger partial charge in [-0.05, 0) is 57.2 Å². The third-order valence-electron chi connectivity index (χ3n) is 5.25. The van der Waals surface area contributed by atoms with Crippen molar-refractivity contribution in [3.8, 4) is 5.88 Å². The molecule has 0 N–H and O–H groups in total. The Balaban J connectivity index is 2.66. The van der Waals surface area contributed by atoms with Crippen LogP contribution >= 0.6 is 0 Å². The van der Waals surface area contributed by atoms with E-state index in [1.165, 1.54) is 23.0 Å². The van der Waals surface area contributed by atoms with Crippen LogP contribution in [0.1, 0.15) is 81.4 Å². The molecule has 8 heteroatoms. The Kier molecular flexibility index (Phi) is 8.08. The molecule has 0 amide bonds. The third-order valence-corrected chi connectivity index (χ3v) is 5.25. The van der Waals surface area contributed by atoms with Gasteiger partial charge in [0.1, 0.15) is 5.56 Å². The SMILES string of the molecule is CCCC(=O)Oc1c(C(=O)c2ccc([N+](=O)[O-])c(C(C)=C(C)C)c2C)cnn1CC(C)C. The van der Waals surface area contributed by atoms with Gasteiger partial charge in [-0.1, -0.05) is 26.3 Å². The zero-order valence-electron chi connectivity index (χ0n) is 19.8. The first kappa shape index (κ1) is 25.0. The average molecular weight is 442 g/mol. The van der Waals surface area contributed by atoms with Gasteiger partial charge < -0.3 is 4.74 Å². The quantitative estimate of drug-likeness (QED) is 0.220. The van der Waals surface area contributed by atoms with Gasteiger partial charge in [0.05, 0.1) is 16.7 Å². The highest BCUT2D eigenvalue weighted by Crippen LogP contribution is 2.34. The smallest absolute Gasteiger partial charge is 0.312 e. The second-order valence-electron chi connectivity index (χ2n) is 8.51. The zero-order chi connectivity index (χ0) is 24.2. The highest BCUT2D eigenvalue weighted by Gasteiger charge is 2.28. The molecule has 0 saturated carbocycles. The molecule has 172 valence electrons. The lowest BCUT2D eigenvalue weighted by atomic mass is 9.90. The number of rotatable bonds is 9. The van der Waals surface area contributed by atoms with Gasteiger partial charge in [0.15, 0.2) is 5.78 Å². The Hall–Kier alpha value is -3.29. The van der Waals surface area contributed by atoms with Gasteiger partial charge in [-0.2, -0.15) is 5.10 Å². The van der Waals surface area contributed by atoms with Crippen LogP contribution in [0.25, 0.3) is 5.57 Å². The first-order chi connectivity index (χ1) is 15.0. The molecule has 0 saturated heterocycles. The zero-order valence-corrected chi connectivity index (χ0v) is 19.8. The van der Waals surface area contributed by atoms with Gasteiger partial charge in [0, 0.05) is 24.6 Å². The number of benzene rings is 1. The minimum Gasteiger partial charge on any atom is -0.407 e. The lowest BCUT2D eigenvalue weighted by Crippen LogP contribution is -2.16. The number of ketones is 1. The van der Waals surface area contributed by atoms with Crippen molar-refractivity contribution < 1.29 is 19.2 Å². The number of carbonyl (C=O) groups is 2. The minimum atomic E-state index is -0.443. The van der Waals surface area contributed by atoms with E-state index >= 15 is 0 Å². The first-order valence-corrected chi connectivity index (χ1v) is 10.7. The normalized spacial score (nSPS) is 10.9. The van der Waals surface area contributed by atoms with Crippen molar-refractivity contribution in [1.82, 2.24) is 9.78 Å². The maximum absolute atomic E-state index is 13.5. The van der Waals surface area contributed by atoms with Crippen molar-refractivity contribution in [2.45, 2.75) is 67.9 Å². The number of ether oxygens (including phenoxy) is 1. The number of nitro benzene ring substituents is 1. The van der Waals surface area contributed by atoms with Gasteiger partial charge in [0.25, 0.3) is 5.69 Å². The minimum absolute atomic E-state index is 0.0529. The van der Waals surface area contributed by atoms with E-state index in [9.17, 15) is 19.7 Å². The summed E-state index contributed by atoms with van der Waals surface area (Å²) in [5.41, 5.74) is 3.01. The van der Waals surface area contributed by atoms with E-state index in [1.54, 1.807) is 13.8 Å². The number of allylic oxidation sites excluding steroid dienone is 2. The molecule has 0 spiro atoms. The largest absolute Gasteiger partial charge is 0.407 e. The van der Waals surface area contributed by atoms with Gasteiger partial charge in [-0.15, -0.1) is 0 Å². The summed E-state index contributed by atoms with van der Waals surface area (Å²) in [5, 5.41) is 15.9. The molecule has 1 aromatic heterocycles. The van der Waals surface area contributed by atoms with E-state index in [4.69, 9.17) is 4.74 Å². The van der Waals surface area contributed by atoms with E-state index in [2.05, 4.69) is 5.10 Å². The summed E-state index contributed by atoms with van der Waals surface area (Å²) in [4.78, 5) is 36.9. The van der Waals surface area contributed by atoms with Crippen LogP contribution in [0.2, 0.25) is 0 Å². The summed E-state index contributed by atoms with van der Waals surface area (Å²) in [7, 11) is 0. The molecule has 0 aliphatic rings. The second kappa shape index (κ2) is 10.3. The van der Waals surface area contributed by atoms with Crippen LogP contribution in [0.3, 0.4) is 0 Å². The number of carbonyl (C=O) groups excluding carboxylic acids is 2. The number of esters is 1. The van der Waals surface area contributed by atoms with Crippen molar-refractivity contribution in [3.05, 3.63) is 56.3 Å². The molecule has 0 aliphatic heterocycles. The Morgan fingerprint density at radius 3 is 2.38 bits per heavy atom. The number of aromatic nitrogens is 2. The fourth-order valence-electron chi connectivity index (χ4n) is 3.44. The standard InChI is InChI=1S/C24H31N3O5/c1-8-9-21(28)32-24-19(12-25-26(24)13-14(2)3)23(29)18-10-11-20(27(30)31)22(17(18)7)16(6)15(4)5/h10-12,14H,8-9,13H2,1-7H3. The van der Waals surface area contributed by atoms with Crippen LogP contribution in [0.4, 0.5) is 5.69 Å². The molecule has 2 rings (SSSR count). The van der Waals surface area contributed by atoms with Crippen LogP contribution in [0, 0.1) is 23.0 Å². The van der Waals surface area contributed by atoms with Crippen LogP contribution in [-0.4, -0.2) is 26.5 Å². The maximum atomic E-state index is 13.5. The molecule has 0 atom stereocenters. The van der Waals surface area contributed by atoms with Crippen molar-refractivity contribution in [1.29, 1.82) is 0 Å². The molecule has 32 heavy (non-hydrogen) atoms. The third kappa shape index (κ3) is 5.30. The van der Waals surface area contributed by atoms with E-state index < -0.39 is 16.7 Å². The number of nitro groups is 1. The van der Waals surface area contributed by atoms with Gasteiger partial charge >= 0.3 is 5.97 Å². The van der Waals surface area contributed by atoms with Gasteiger partial charge in [-0.3, -0.25) is 19.7 Å². The van der Waals surface area contributed by atoms with Crippen molar-refractivity contribution >= 4 is 23.0 Å². The highest BCUT2D eigenvalue weighted by molar-refractivity contribution is 6.12. The van der Waals surface area contributed by atoms with Crippen LogP contribution in [0.5, 0.6) is 5.88 Å². The Morgan fingerprint density at radius 1 is 1.19 bits per heavy atom. The van der Waals surface area contributed by atoms with Gasteiger partial charge in [0.2, 0.25) is 5.88 Å². The molecular weight excluding hydrogens is 410 g/mol. The molecule has 0 unspecified atom stereocenters. The number of nitrogens with zero attached hydrogens (tertiary/aromatic N) is 3.